The van der Waals surface area contributed by atoms with Crippen molar-refractivity contribution >= 4 is 15.9 Å². The van der Waals surface area contributed by atoms with E-state index in [4.69, 9.17) is 9.47 Å². The van der Waals surface area contributed by atoms with Crippen molar-refractivity contribution in [3.63, 3.8) is 0 Å². The van der Waals surface area contributed by atoms with E-state index in [0.717, 1.165) is 6.42 Å². The first-order valence-corrected chi connectivity index (χ1v) is 9.62. The Bertz CT molecular complexity index is 662. The minimum Gasteiger partial charge on any atom is -0.381 e. The Labute approximate surface area is 141 Å². The smallest absolute Gasteiger partial charge is 0.251 e. The Balaban J connectivity index is 1.63. The first kappa shape index (κ1) is 17.3. The van der Waals surface area contributed by atoms with Gasteiger partial charge in [-0.1, -0.05) is 0 Å². The summed E-state index contributed by atoms with van der Waals surface area (Å²) < 4.78 is 37.9. The van der Waals surface area contributed by atoms with Gasteiger partial charge in [-0.05, 0) is 43.5 Å². The fourth-order valence-electron chi connectivity index (χ4n) is 2.81. The quantitative estimate of drug-likeness (QED) is 0.810. The Morgan fingerprint density at radius 2 is 1.58 bits per heavy atom. The molecule has 0 spiro atoms. The van der Waals surface area contributed by atoms with Crippen molar-refractivity contribution in [1.29, 1.82) is 0 Å². The maximum absolute atomic E-state index is 12.4. The van der Waals surface area contributed by atoms with Crippen LogP contribution in [0.25, 0.3) is 0 Å². The van der Waals surface area contributed by atoms with Crippen LogP contribution in [0, 0.1) is 0 Å². The summed E-state index contributed by atoms with van der Waals surface area (Å²) in [5, 5.41) is 2.88. The van der Waals surface area contributed by atoms with Crippen LogP contribution < -0.4 is 10.0 Å². The maximum Gasteiger partial charge on any atom is 0.251 e. The van der Waals surface area contributed by atoms with E-state index in [2.05, 4.69) is 10.0 Å². The molecule has 0 saturated carbocycles. The third-order valence-corrected chi connectivity index (χ3v) is 5.77. The van der Waals surface area contributed by atoms with Gasteiger partial charge in [-0.15, -0.1) is 0 Å². The lowest BCUT2D eigenvalue weighted by Crippen LogP contribution is -2.38. The van der Waals surface area contributed by atoms with Crippen LogP contribution in [0.2, 0.25) is 0 Å². The predicted octanol–water partition coefficient (Wildman–Crippen LogP) is 0.663. The lowest BCUT2D eigenvalue weighted by molar-refractivity contribution is 0.0832. The molecule has 2 aliphatic heterocycles. The van der Waals surface area contributed by atoms with E-state index in [1.165, 1.54) is 24.3 Å². The lowest BCUT2D eigenvalue weighted by atomic mass is 10.1. The third kappa shape index (κ3) is 4.32. The van der Waals surface area contributed by atoms with Gasteiger partial charge in [0.2, 0.25) is 10.0 Å². The molecule has 1 aromatic rings. The molecule has 2 N–H and O–H groups in total. The van der Waals surface area contributed by atoms with Crippen LogP contribution in [0.4, 0.5) is 0 Å². The summed E-state index contributed by atoms with van der Waals surface area (Å²) in [5.41, 5.74) is 0.437. The van der Waals surface area contributed by atoms with Crippen LogP contribution in [0.15, 0.2) is 29.2 Å². The maximum atomic E-state index is 12.4. The molecule has 0 aromatic heterocycles. The Morgan fingerprint density at radius 3 is 2.21 bits per heavy atom. The van der Waals surface area contributed by atoms with Gasteiger partial charge in [-0.3, -0.25) is 4.79 Å². The summed E-state index contributed by atoms with van der Waals surface area (Å²) in [4.78, 5) is 12.3. The number of amides is 1. The van der Waals surface area contributed by atoms with E-state index in [9.17, 15) is 13.2 Å². The van der Waals surface area contributed by atoms with Crippen molar-refractivity contribution in [2.45, 2.75) is 36.2 Å². The monoisotopic (exact) mass is 354 g/mol. The van der Waals surface area contributed by atoms with Crippen molar-refractivity contribution in [2.75, 3.05) is 26.4 Å². The van der Waals surface area contributed by atoms with Gasteiger partial charge in [0.15, 0.2) is 0 Å². The van der Waals surface area contributed by atoms with E-state index < -0.39 is 10.0 Å². The summed E-state index contributed by atoms with van der Waals surface area (Å²) in [6, 6.07) is 5.90. The molecule has 2 fully saturated rings. The van der Waals surface area contributed by atoms with Gasteiger partial charge >= 0.3 is 0 Å². The summed E-state index contributed by atoms with van der Waals surface area (Å²) >= 11 is 0. The number of carbonyl (C=O) groups is 1. The summed E-state index contributed by atoms with van der Waals surface area (Å²) in [6.07, 6.45) is 2.14. The SMILES string of the molecule is O=C(N[C@@H]1CCOC1)c1ccc(S(=O)(=O)NC2CCOCC2)cc1. The first-order valence-electron chi connectivity index (χ1n) is 8.13. The van der Waals surface area contributed by atoms with E-state index in [1.807, 2.05) is 0 Å². The molecule has 0 bridgehead atoms. The van der Waals surface area contributed by atoms with Gasteiger partial charge in [-0.2, -0.15) is 0 Å². The van der Waals surface area contributed by atoms with Crippen LogP contribution >= 0.6 is 0 Å². The van der Waals surface area contributed by atoms with Crippen molar-refractivity contribution in [3.8, 4) is 0 Å². The number of rotatable bonds is 5. The van der Waals surface area contributed by atoms with Crippen molar-refractivity contribution in [1.82, 2.24) is 10.0 Å². The van der Waals surface area contributed by atoms with E-state index >= 15 is 0 Å². The minimum absolute atomic E-state index is 0.0242. The van der Waals surface area contributed by atoms with E-state index in [-0.39, 0.29) is 22.9 Å². The largest absolute Gasteiger partial charge is 0.381 e. The molecular weight excluding hydrogens is 332 g/mol. The number of carbonyl (C=O) groups excluding carboxylic acids is 1. The topological polar surface area (TPSA) is 93.7 Å². The highest BCUT2D eigenvalue weighted by atomic mass is 32.2. The van der Waals surface area contributed by atoms with Gasteiger partial charge in [0.1, 0.15) is 0 Å². The predicted molar refractivity (Wildman–Crippen MR) is 87.3 cm³/mol. The zero-order valence-corrected chi connectivity index (χ0v) is 14.2. The fourth-order valence-corrected chi connectivity index (χ4v) is 4.11. The number of sulfonamides is 1. The second-order valence-electron chi connectivity index (χ2n) is 6.07. The zero-order chi connectivity index (χ0) is 17.0. The second kappa shape index (κ2) is 7.60. The van der Waals surface area contributed by atoms with Gasteiger partial charge in [-0.25, -0.2) is 13.1 Å². The lowest BCUT2D eigenvalue weighted by Gasteiger charge is -2.23. The standard InChI is InChI=1S/C16H22N2O5S/c19-16(17-14-7-10-23-11-14)12-1-3-15(4-2-12)24(20,21)18-13-5-8-22-9-6-13/h1-4,13-14,18H,5-11H2,(H,17,19)/t14-/m1/s1. The highest BCUT2D eigenvalue weighted by molar-refractivity contribution is 7.89. The van der Waals surface area contributed by atoms with Crippen molar-refractivity contribution in [2.24, 2.45) is 0 Å². The van der Waals surface area contributed by atoms with Crippen molar-refractivity contribution < 1.29 is 22.7 Å². The number of nitrogens with one attached hydrogen (secondary N) is 2. The molecule has 0 aliphatic carbocycles. The molecule has 132 valence electrons. The van der Waals surface area contributed by atoms with Crippen LogP contribution in [0.1, 0.15) is 29.6 Å². The molecule has 2 saturated heterocycles. The van der Waals surface area contributed by atoms with Gasteiger partial charge in [0.25, 0.3) is 5.91 Å². The average Bonchev–Trinajstić information content (AvgIpc) is 3.08. The first-order chi connectivity index (χ1) is 11.5. The second-order valence-corrected chi connectivity index (χ2v) is 7.78. The highest BCUT2D eigenvalue weighted by Crippen LogP contribution is 2.15. The highest BCUT2D eigenvalue weighted by Gasteiger charge is 2.23. The number of ether oxygens (including phenoxy) is 2. The molecule has 3 rings (SSSR count). The Hall–Kier alpha value is -1.48. The van der Waals surface area contributed by atoms with E-state index in [1.54, 1.807) is 0 Å². The number of hydrogen-bond acceptors (Lipinski definition) is 5. The Kier molecular flexibility index (Phi) is 5.50. The third-order valence-electron chi connectivity index (χ3n) is 4.23. The summed E-state index contributed by atoms with van der Waals surface area (Å²) in [6.45, 7) is 2.31. The minimum atomic E-state index is -3.58. The molecule has 1 aromatic carbocycles. The molecule has 8 heteroatoms. The summed E-state index contributed by atoms with van der Waals surface area (Å²) in [5.74, 6) is -0.216. The average molecular weight is 354 g/mol. The van der Waals surface area contributed by atoms with Gasteiger partial charge in [0, 0.05) is 31.4 Å². The summed E-state index contributed by atoms with van der Waals surface area (Å²) in [7, 11) is -3.58. The fraction of sp³-hybridized carbons (Fsp3) is 0.562. The number of hydrogen-bond donors (Lipinski definition) is 2. The normalized spacial score (nSPS) is 22.4. The van der Waals surface area contributed by atoms with Crippen LogP contribution in [0.3, 0.4) is 0 Å². The van der Waals surface area contributed by atoms with Crippen molar-refractivity contribution in [3.05, 3.63) is 29.8 Å². The molecular formula is C16H22N2O5S. The number of benzene rings is 1. The van der Waals surface area contributed by atoms with Crippen LogP contribution in [0.5, 0.6) is 0 Å². The molecule has 2 aliphatic rings. The molecule has 7 nitrogen and oxygen atoms in total. The Morgan fingerprint density at radius 1 is 0.958 bits per heavy atom. The van der Waals surface area contributed by atoms with E-state index in [0.29, 0.717) is 44.8 Å². The molecule has 24 heavy (non-hydrogen) atoms. The van der Waals surface area contributed by atoms with Crippen LogP contribution in [-0.4, -0.2) is 52.8 Å². The molecule has 2 heterocycles. The zero-order valence-electron chi connectivity index (χ0n) is 13.4. The molecule has 1 amide bonds. The van der Waals surface area contributed by atoms with Gasteiger partial charge in [0.05, 0.1) is 17.5 Å². The molecule has 0 unspecified atom stereocenters. The van der Waals surface area contributed by atoms with Gasteiger partial charge < -0.3 is 14.8 Å². The molecule has 1 atom stereocenters. The van der Waals surface area contributed by atoms with Crippen LogP contribution in [-0.2, 0) is 19.5 Å². The molecule has 0 radical (unpaired) electrons.